The fraction of sp³-hybridized carbons (Fsp3) is 0.250. The van der Waals surface area contributed by atoms with Gasteiger partial charge in [-0.25, -0.2) is 8.78 Å². The van der Waals surface area contributed by atoms with Gasteiger partial charge in [0.1, 0.15) is 5.75 Å². The fourth-order valence-electron chi connectivity index (χ4n) is 2.19. The van der Waals surface area contributed by atoms with Gasteiger partial charge in [-0.05, 0) is 11.5 Å². The van der Waals surface area contributed by atoms with Crippen LogP contribution in [0.15, 0.2) is 29.2 Å². The number of halogens is 4. The Balaban J connectivity index is 2.69. The monoisotopic (exact) mass is 378 g/mol. The lowest BCUT2D eigenvalue weighted by atomic mass is 9.86. The molecular formula is C16H14F4O4S. The summed E-state index contributed by atoms with van der Waals surface area (Å²) in [6, 6.07) is 6.07. The molecule has 136 valence electrons. The molecule has 2 aromatic rings. The van der Waals surface area contributed by atoms with Crippen molar-refractivity contribution in [3.8, 4) is 11.5 Å². The van der Waals surface area contributed by atoms with Gasteiger partial charge in [0.25, 0.3) is 0 Å². The Morgan fingerprint density at radius 1 is 0.920 bits per heavy atom. The number of benzene rings is 2. The van der Waals surface area contributed by atoms with Crippen LogP contribution >= 0.6 is 0 Å². The van der Waals surface area contributed by atoms with Crippen LogP contribution in [0.4, 0.5) is 17.6 Å². The Bertz CT molecular complexity index is 905. The first-order chi connectivity index (χ1) is 11.4. The molecule has 0 aliphatic carbocycles. The molecule has 0 atom stereocenters. The van der Waals surface area contributed by atoms with Crippen molar-refractivity contribution in [2.75, 3.05) is 0 Å². The SMILES string of the molecule is CC(C)(C)c1ccccc1Oc1c(F)c(F)c(S(=O)(=O)O)c(F)c1F. The zero-order valence-corrected chi connectivity index (χ0v) is 14.2. The maximum Gasteiger partial charge on any atom is 0.300 e. The molecule has 0 fully saturated rings. The van der Waals surface area contributed by atoms with Gasteiger partial charge in [-0.1, -0.05) is 39.0 Å². The van der Waals surface area contributed by atoms with Gasteiger partial charge < -0.3 is 4.74 Å². The largest absolute Gasteiger partial charge is 0.451 e. The lowest BCUT2D eigenvalue weighted by molar-refractivity contribution is 0.342. The van der Waals surface area contributed by atoms with Crippen molar-refractivity contribution in [2.45, 2.75) is 31.1 Å². The minimum absolute atomic E-state index is 0.0637. The molecule has 0 radical (unpaired) electrons. The van der Waals surface area contributed by atoms with E-state index >= 15 is 0 Å². The van der Waals surface area contributed by atoms with Crippen molar-refractivity contribution in [1.29, 1.82) is 0 Å². The standard InChI is InChI=1S/C16H14F4O4S/c1-16(2,3)8-6-4-5-7-9(8)24-14-10(17)12(19)15(25(21,22)23)13(20)11(14)18/h4-7H,1-3H3,(H,21,22,23). The molecule has 2 rings (SSSR count). The minimum atomic E-state index is -5.52. The Morgan fingerprint density at radius 2 is 1.40 bits per heavy atom. The normalized spacial score (nSPS) is 12.3. The molecule has 4 nitrogen and oxygen atoms in total. The molecule has 0 saturated heterocycles. The average molecular weight is 378 g/mol. The molecular weight excluding hydrogens is 364 g/mol. The highest BCUT2D eigenvalue weighted by molar-refractivity contribution is 7.85. The van der Waals surface area contributed by atoms with Crippen LogP contribution in [0.1, 0.15) is 26.3 Å². The van der Waals surface area contributed by atoms with E-state index in [1.54, 1.807) is 32.9 Å². The summed E-state index contributed by atoms with van der Waals surface area (Å²) in [5.41, 5.74) is -0.0249. The van der Waals surface area contributed by atoms with Gasteiger partial charge in [0, 0.05) is 5.56 Å². The molecule has 0 aromatic heterocycles. The van der Waals surface area contributed by atoms with E-state index in [2.05, 4.69) is 0 Å². The van der Waals surface area contributed by atoms with Crippen molar-refractivity contribution in [3.05, 3.63) is 53.1 Å². The van der Waals surface area contributed by atoms with E-state index in [1.165, 1.54) is 12.1 Å². The topological polar surface area (TPSA) is 63.6 Å². The quantitative estimate of drug-likeness (QED) is 0.482. The van der Waals surface area contributed by atoms with E-state index < -0.39 is 49.4 Å². The molecule has 0 heterocycles. The predicted molar refractivity (Wildman–Crippen MR) is 81.3 cm³/mol. The zero-order chi connectivity index (χ0) is 19.2. The molecule has 0 aliphatic rings. The van der Waals surface area contributed by atoms with Crippen LogP contribution in [0.25, 0.3) is 0 Å². The molecule has 9 heteroatoms. The third kappa shape index (κ3) is 3.62. The zero-order valence-electron chi connectivity index (χ0n) is 13.4. The number of para-hydroxylation sites is 1. The molecule has 0 saturated carbocycles. The first-order valence-corrected chi connectivity index (χ1v) is 8.40. The Morgan fingerprint density at radius 3 is 1.84 bits per heavy atom. The van der Waals surface area contributed by atoms with Gasteiger partial charge >= 0.3 is 10.1 Å². The summed E-state index contributed by atoms with van der Waals surface area (Å²) in [6.45, 7) is 5.35. The van der Waals surface area contributed by atoms with Crippen LogP contribution in [0.3, 0.4) is 0 Å². The molecule has 1 N–H and O–H groups in total. The van der Waals surface area contributed by atoms with Gasteiger partial charge in [0.05, 0.1) is 0 Å². The van der Waals surface area contributed by atoms with Crippen molar-refractivity contribution < 1.29 is 35.3 Å². The fourth-order valence-corrected chi connectivity index (χ4v) is 2.82. The smallest absolute Gasteiger partial charge is 0.300 e. The third-order valence-corrected chi connectivity index (χ3v) is 4.22. The van der Waals surface area contributed by atoms with Gasteiger partial charge in [-0.3, -0.25) is 4.55 Å². The van der Waals surface area contributed by atoms with Gasteiger partial charge in [0.2, 0.25) is 17.4 Å². The van der Waals surface area contributed by atoms with Crippen molar-refractivity contribution in [2.24, 2.45) is 0 Å². The summed E-state index contributed by atoms with van der Waals surface area (Å²) in [7, 11) is -5.52. The van der Waals surface area contributed by atoms with E-state index in [0.29, 0.717) is 5.56 Å². The van der Waals surface area contributed by atoms with E-state index in [-0.39, 0.29) is 5.75 Å². The summed E-state index contributed by atoms with van der Waals surface area (Å²) in [5.74, 6) is -10.2. The summed E-state index contributed by atoms with van der Waals surface area (Å²) >= 11 is 0. The second kappa shape index (κ2) is 6.30. The Kier molecular flexibility index (Phi) is 4.84. The highest BCUT2D eigenvalue weighted by atomic mass is 32.2. The number of hydrogen-bond donors (Lipinski definition) is 1. The van der Waals surface area contributed by atoms with E-state index in [1.807, 2.05) is 0 Å². The van der Waals surface area contributed by atoms with Crippen LogP contribution < -0.4 is 4.74 Å². The Labute approximate surface area is 141 Å². The number of hydrogen-bond acceptors (Lipinski definition) is 3. The highest BCUT2D eigenvalue weighted by Crippen LogP contribution is 2.38. The maximum absolute atomic E-state index is 14.1. The van der Waals surface area contributed by atoms with E-state index in [0.717, 1.165) is 0 Å². The lowest BCUT2D eigenvalue weighted by Gasteiger charge is -2.23. The average Bonchev–Trinajstić information content (AvgIpc) is 2.48. The maximum atomic E-state index is 14.1. The Hall–Kier alpha value is -2.13. The molecule has 0 spiro atoms. The molecule has 25 heavy (non-hydrogen) atoms. The third-order valence-electron chi connectivity index (χ3n) is 3.35. The number of rotatable bonds is 3. The molecule has 2 aromatic carbocycles. The summed E-state index contributed by atoms with van der Waals surface area (Å²) in [4.78, 5) is -2.11. The van der Waals surface area contributed by atoms with E-state index in [9.17, 15) is 26.0 Å². The molecule has 0 amide bonds. The first kappa shape index (κ1) is 19.2. The van der Waals surface area contributed by atoms with Gasteiger partial charge in [-0.15, -0.1) is 0 Å². The minimum Gasteiger partial charge on any atom is -0.451 e. The molecule has 0 bridgehead atoms. The van der Waals surface area contributed by atoms with Gasteiger partial charge in [0.15, 0.2) is 16.5 Å². The highest BCUT2D eigenvalue weighted by Gasteiger charge is 2.34. The second-order valence-electron chi connectivity index (χ2n) is 6.24. The number of ether oxygens (including phenoxy) is 1. The van der Waals surface area contributed by atoms with Crippen LogP contribution in [0.2, 0.25) is 0 Å². The predicted octanol–water partition coefficient (Wildman–Crippen LogP) is 4.58. The second-order valence-corrected chi connectivity index (χ2v) is 7.60. The summed E-state index contributed by atoms with van der Waals surface area (Å²) < 4.78 is 91.4. The van der Waals surface area contributed by atoms with Crippen LogP contribution in [0, 0.1) is 23.3 Å². The first-order valence-electron chi connectivity index (χ1n) is 6.96. The summed E-state index contributed by atoms with van der Waals surface area (Å²) in [5, 5.41) is 0. The van der Waals surface area contributed by atoms with Crippen molar-refractivity contribution in [3.63, 3.8) is 0 Å². The van der Waals surface area contributed by atoms with Gasteiger partial charge in [-0.2, -0.15) is 17.2 Å². The van der Waals surface area contributed by atoms with Crippen LogP contribution in [0.5, 0.6) is 11.5 Å². The molecule has 0 aliphatic heterocycles. The van der Waals surface area contributed by atoms with Crippen molar-refractivity contribution in [1.82, 2.24) is 0 Å². The summed E-state index contributed by atoms with van der Waals surface area (Å²) in [6.07, 6.45) is 0. The molecule has 0 unspecified atom stereocenters. The van der Waals surface area contributed by atoms with Crippen LogP contribution in [-0.4, -0.2) is 13.0 Å². The van der Waals surface area contributed by atoms with E-state index in [4.69, 9.17) is 9.29 Å². The van der Waals surface area contributed by atoms with Crippen molar-refractivity contribution >= 4 is 10.1 Å². The van der Waals surface area contributed by atoms with Crippen LogP contribution in [-0.2, 0) is 15.5 Å². The lowest BCUT2D eigenvalue weighted by Crippen LogP contribution is -2.14.